The molecular weight excluding hydrogens is 328 g/mol. The lowest BCUT2D eigenvalue weighted by Crippen LogP contribution is -3.08. The van der Waals surface area contributed by atoms with Gasteiger partial charge in [-0.1, -0.05) is 51.8 Å². The van der Waals surface area contributed by atoms with Crippen molar-refractivity contribution < 1.29 is 9.69 Å². The van der Waals surface area contributed by atoms with Gasteiger partial charge in [0, 0.05) is 15.7 Å². The molecule has 0 bridgehead atoms. The van der Waals surface area contributed by atoms with Crippen LogP contribution in [0.3, 0.4) is 0 Å². The number of carbonyl (C=O) groups is 1. The molecule has 2 aromatic rings. The quantitative estimate of drug-likeness (QED) is 0.855. The van der Waals surface area contributed by atoms with Crippen molar-refractivity contribution in [3.8, 4) is 0 Å². The fourth-order valence-corrected chi connectivity index (χ4v) is 2.56. The molecule has 1 amide bonds. The normalized spacial score (nSPS) is 12.0. The summed E-state index contributed by atoms with van der Waals surface area (Å²) in [6, 6.07) is 16.1. The van der Waals surface area contributed by atoms with Crippen LogP contribution >= 0.6 is 15.9 Å². The molecular formula is C17H20BrN2O+. The van der Waals surface area contributed by atoms with Crippen LogP contribution in [0.5, 0.6) is 0 Å². The summed E-state index contributed by atoms with van der Waals surface area (Å²) in [6.45, 7) is 3.36. The Morgan fingerprint density at radius 3 is 2.57 bits per heavy atom. The van der Waals surface area contributed by atoms with Gasteiger partial charge in [0.25, 0.3) is 5.91 Å². The Balaban J connectivity index is 1.86. The standard InChI is InChI=1S/C17H19BrN2O/c1-13-6-8-14(9-7-13)11-20(2)12-17(21)19-16-5-3-4-15(18)10-16/h3-10H,11-12H2,1-2H3,(H,19,21)/p+1. The predicted octanol–water partition coefficient (Wildman–Crippen LogP) is 2.41. The summed E-state index contributed by atoms with van der Waals surface area (Å²) in [7, 11) is 2.03. The van der Waals surface area contributed by atoms with E-state index in [-0.39, 0.29) is 5.91 Å². The molecule has 0 aliphatic carbocycles. The van der Waals surface area contributed by atoms with Crippen molar-refractivity contribution in [3.05, 3.63) is 64.1 Å². The molecule has 2 rings (SSSR count). The number of carbonyl (C=O) groups excluding carboxylic acids is 1. The van der Waals surface area contributed by atoms with Crippen molar-refractivity contribution in [1.29, 1.82) is 0 Å². The molecule has 21 heavy (non-hydrogen) atoms. The van der Waals surface area contributed by atoms with Gasteiger partial charge in [0.2, 0.25) is 0 Å². The zero-order chi connectivity index (χ0) is 15.2. The van der Waals surface area contributed by atoms with Crippen LogP contribution in [-0.4, -0.2) is 19.5 Å². The minimum Gasteiger partial charge on any atom is -0.326 e. The second-order valence-electron chi connectivity index (χ2n) is 5.35. The Kier molecular flexibility index (Phi) is 5.53. The highest BCUT2D eigenvalue weighted by molar-refractivity contribution is 9.10. The number of aryl methyl sites for hydroxylation is 1. The van der Waals surface area contributed by atoms with Crippen LogP contribution in [0.4, 0.5) is 5.69 Å². The van der Waals surface area contributed by atoms with Gasteiger partial charge in [0.05, 0.1) is 7.05 Å². The van der Waals surface area contributed by atoms with E-state index in [2.05, 4.69) is 52.4 Å². The number of amides is 1. The fourth-order valence-electron chi connectivity index (χ4n) is 2.16. The van der Waals surface area contributed by atoms with Crippen molar-refractivity contribution in [2.75, 3.05) is 18.9 Å². The minimum absolute atomic E-state index is 0.0257. The Hall–Kier alpha value is -1.65. The number of likely N-dealkylation sites (N-methyl/N-ethyl adjacent to an activating group) is 1. The lowest BCUT2D eigenvalue weighted by molar-refractivity contribution is -0.885. The van der Waals surface area contributed by atoms with Crippen LogP contribution in [0.1, 0.15) is 11.1 Å². The number of rotatable bonds is 5. The van der Waals surface area contributed by atoms with E-state index in [1.165, 1.54) is 11.1 Å². The van der Waals surface area contributed by atoms with Gasteiger partial charge >= 0.3 is 0 Å². The second kappa shape index (κ2) is 7.38. The van der Waals surface area contributed by atoms with Gasteiger partial charge in [-0.3, -0.25) is 4.79 Å². The van der Waals surface area contributed by atoms with Gasteiger partial charge in [0.1, 0.15) is 6.54 Å². The van der Waals surface area contributed by atoms with Crippen molar-refractivity contribution in [2.24, 2.45) is 0 Å². The zero-order valence-corrected chi connectivity index (χ0v) is 13.9. The smallest absolute Gasteiger partial charge is 0.279 e. The van der Waals surface area contributed by atoms with Gasteiger partial charge in [0.15, 0.2) is 6.54 Å². The third-order valence-corrected chi connectivity index (χ3v) is 3.69. The summed E-state index contributed by atoms with van der Waals surface area (Å²) in [5.41, 5.74) is 3.31. The summed E-state index contributed by atoms with van der Waals surface area (Å²) in [5, 5.41) is 2.92. The van der Waals surface area contributed by atoms with E-state index in [4.69, 9.17) is 0 Å². The van der Waals surface area contributed by atoms with Crippen LogP contribution in [0.2, 0.25) is 0 Å². The van der Waals surface area contributed by atoms with E-state index in [0.29, 0.717) is 6.54 Å². The Bertz CT molecular complexity index is 610. The average molecular weight is 348 g/mol. The highest BCUT2D eigenvalue weighted by Crippen LogP contribution is 2.15. The maximum Gasteiger partial charge on any atom is 0.279 e. The lowest BCUT2D eigenvalue weighted by atomic mass is 10.1. The van der Waals surface area contributed by atoms with E-state index < -0.39 is 0 Å². The van der Waals surface area contributed by atoms with Crippen LogP contribution in [-0.2, 0) is 11.3 Å². The summed E-state index contributed by atoms with van der Waals surface area (Å²) in [6.07, 6.45) is 0. The second-order valence-corrected chi connectivity index (χ2v) is 6.27. The minimum atomic E-state index is 0.0257. The molecule has 0 radical (unpaired) electrons. The van der Waals surface area contributed by atoms with E-state index in [1.807, 2.05) is 31.3 Å². The van der Waals surface area contributed by atoms with Crippen LogP contribution in [0.15, 0.2) is 53.0 Å². The molecule has 4 heteroatoms. The van der Waals surface area contributed by atoms with Gasteiger partial charge in [-0.25, -0.2) is 0 Å². The molecule has 2 aromatic carbocycles. The lowest BCUT2D eigenvalue weighted by Gasteiger charge is -2.14. The number of benzene rings is 2. The van der Waals surface area contributed by atoms with Crippen LogP contribution in [0, 0.1) is 6.92 Å². The summed E-state index contributed by atoms with van der Waals surface area (Å²) in [5.74, 6) is 0.0257. The predicted molar refractivity (Wildman–Crippen MR) is 89.4 cm³/mol. The molecule has 110 valence electrons. The van der Waals surface area contributed by atoms with Crippen LogP contribution in [0.25, 0.3) is 0 Å². The maximum absolute atomic E-state index is 12.0. The highest BCUT2D eigenvalue weighted by atomic mass is 79.9. The summed E-state index contributed by atoms with van der Waals surface area (Å²) < 4.78 is 0.959. The van der Waals surface area contributed by atoms with Gasteiger partial charge < -0.3 is 10.2 Å². The molecule has 1 atom stereocenters. The van der Waals surface area contributed by atoms with Crippen molar-refractivity contribution >= 4 is 27.5 Å². The van der Waals surface area contributed by atoms with Gasteiger partial charge in [-0.15, -0.1) is 0 Å². The van der Waals surface area contributed by atoms with E-state index in [9.17, 15) is 4.79 Å². The Morgan fingerprint density at radius 1 is 1.19 bits per heavy atom. The number of nitrogens with one attached hydrogen (secondary N) is 2. The first-order chi connectivity index (χ1) is 10.0. The Morgan fingerprint density at radius 2 is 1.90 bits per heavy atom. The molecule has 0 spiro atoms. The number of hydrogen-bond acceptors (Lipinski definition) is 1. The van der Waals surface area contributed by atoms with Crippen molar-refractivity contribution in [1.82, 2.24) is 0 Å². The van der Waals surface area contributed by atoms with E-state index >= 15 is 0 Å². The topological polar surface area (TPSA) is 33.5 Å². The summed E-state index contributed by atoms with van der Waals surface area (Å²) >= 11 is 3.40. The number of anilines is 1. The first-order valence-corrected chi connectivity index (χ1v) is 7.74. The van der Waals surface area contributed by atoms with E-state index in [1.54, 1.807) is 0 Å². The molecule has 0 saturated carbocycles. The van der Waals surface area contributed by atoms with Crippen molar-refractivity contribution in [2.45, 2.75) is 13.5 Å². The molecule has 0 fully saturated rings. The fraction of sp³-hybridized carbons (Fsp3) is 0.235. The van der Waals surface area contributed by atoms with E-state index in [0.717, 1.165) is 21.6 Å². The Labute approximate surface area is 134 Å². The highest BCUT2D eigenvalue weighted by Gasteiger charge is 2.10. The summed E-state index contributed by atoms with van der Waals surface area (Å²) in [4.78, 5) is 13.2. The van der Waals surface area contributed by atoms with Crippen LogP contribution < -0.4 is 10.2 Å². The maximum atomic E-state index is 12.0. The largest absolute Gasteiger partial charge is 0.326 e. The molecule has 2 N–H and O–H groups in total. The first-order valence-electron chi connectivity index (χ1n) is 6.95. The molecule has 0 saturated heterocycles. The third kappa shape index (κ3) is 5.33. The van der Waals surface area contributed by atoms with Gasteiger partial charge in [-0.05, 0) is 25.1 Å². The first kappa shape index (κ1) is 15.7. The number of hydrogen-bond donors (Lipinski definition) is 2. The molecule has 0 aliphatic heterocycles. The zero-order valence-electron chi connectivity index (χ0n) is 12.3. The average Bonchev–Trinajstić information content (AvgIpc) is 2.41. The molecule has 1 unspecified atom stereocenters. The molecule has 0 heterocycles. The molecule has 0 aliphatic rings. The number of halogens is 1. The number of quaternary nitrogens is 1. The van der Waals surface area contributed by atoms with Crippen molar-refractivity contribution in [3.63, 3.8) is 0 Å². The monoisotopic (exact) mass is 347 g/mol. The molecule has 0 aromatic heterocycles. The SMILES string of the molecule is Cc1ccc(C[NH+](C)CC(=O)Nc2cccc(Br)c2)cc1. The third-order valence-electron chi connectivity index (χ3n) is 3.20. The molecule has 3 nitrogen and oxygen atoms in total. The van der Waals surface area contributed by atoms with Gasteiger partial charge in [-0.2, -0.15) is 0 Å².